The van der Waals surface area contributed by atoms with Crippen LogP contribution in [-0.2, 0) is 14.3 Å². The van der Waals surface area contributed by atoms with Crippen molar-refractivity contribution in [3.63, 3.8) is 0 Å². The van der Waals surface area contributed by atoms with E-state index in [9.17, 15) is 4.79 Å². The maximum absolute atomic E-state index is 10.9. The maximum atomic E-state index is 10.9. The topological polar surface area (TPSA) is 44.8 Å². The van der Waals surface area contributed by atoms with Crippen molar-refractivity contribution in [2.45, 2.75) is 6.92 Å². The first-order valence-electron chi connectivity index (χ1n) is 5.48. The van der Waals surface area contributed by atoms with Gasteiger partial charge in [0.1, 0.15) is 12.4 Å². The Hall–Kier alpha value is -1.81. The highest BCUT2D eigenvalue weighted by Crippen LogP contribution is 2.22. The van der Waals surface area contributed by atoms with E-state index in [1.165, 1.54) is 6.08 Å². The lowest BCUT2D eigenvalue weighted by molar-refractivity contribution is -0.134. The van der Waals surface area contributed by atoms with E-state index >= 15 is 0 Å². The number of carbonyl (C=O) groups excluding carboxylic acids is 1. The highest BCUT2D eigenvalue weighted by atomic mass is 16.7. The first kappa shape index (κ1) is 11.7. The highest BCUT2D eigenvalue weighted by Gasteiger charge is 2.14. The largest absolute Gasteiger partial charge is 0.468 e. The molecule has 0 bridgehead atoms. The predicted octanol–water partition coefficient (Wildman–Crippen LogP) is 2.00. The molecule has 1 aromatic carbocycles. The van der Waals surface area contributed by atoms with Gasteiger partial charge in [-0.05, 0) is 24.6 Å². The summed E-state index contributed by atoms with van der Waals surface area (Å²) >= 11 is 0. The Morgan fingerprint density at radius 2 is 2.06 bits per heavy atom. The van der Waals surface area contributed by atoms with Crippen LogP contribution in [0.1, 0.15) is 12.5 Å². The summed E-state index contributed by atoms with van der Waals surface area (Å²) in [6.07, 6.45) is 1.51. The fraction of sp³-hybridized carbons (Fsp3) is 0.308. The first-order valence-corrected chi connectivity index (χ1v) is 5.48. The average Bonchev–Trinajstić information content (AvgIpc) is 2.77. The minimum atomic E-state index is -0.281. The summed E-state index contributed by atoms with van der Waals surface area (Å²) in [5, 5.41) is 0. The normalized spacial score (nSPS) is 14.4. The van der Waals surface area contributed by atoms with Crippen LogP contribution < -0.4 is 4.74 Å². The molecule has 1 aliphatic heterocycles. The van der Waals surface area contributed by atoms with Crippen molar-refractivity contribution in [2.75, 3.05) is 20.0 Å². The maximum Gasteiger partial charge on any atom is 0.331 e. The van der Waals surface area contributed by atoms with Gasteiger partial charge < -0.3 is 14.2 Å². The smallest absolute Gasteiger partial charge is 0.331 e. The van der Waals surface area contributed by atoms with E-state index in [2.05, 4.69) is 0 Å². The van der Waals surface area contributed by atoms with Gasteiger partial charge in [0.15, 0.2) is 6.79 Å². The predicted molar refractivity (Wildman–Crippen MR) is 62.5 cm³/mol. The Bertz CT molecular complexity index is 420. The summed E-state index contributed by atoms with van der Waals surface area (Å²) in [4.78, 5) is 10.9. The lowest BCUT2D eigenvalue weighted by atomic mass is 10.1. The van der Waals surface area contributed by atoms with Crippen LogP contribution in [0.3, 0.4) is 0 Å². The molecule has 17 heavy (non-hydrogen) atoms. The molecule has 0 radical (unpaired) electrons. The van der Waals surface area contributed by atoms with Gasteiger partial charge in [0.05, 0.1) is 0 Å². The minimum Gasteiger partial charge on any atom is -0.468 e. The number of rotatable bonds is 5. The third-order valence-electron chi connectivity index (χ3n) is 2.40. The van der Waals surface area contributed by atoms with Crippen LogP contribution >= 0.6 is 0 Å². The van der Waals surface area contributed by atoms with Gasteiger partial charge in [-0.15, -0.1) is 0 Å². The Balaban J connectivity index is 1.98. The molecule has 0 spiro atoms. The molecule has 4 nitrogen and oxygen atoms in total. The monoisotopic (exact) mass is 234 g/mol. The second-order valence-corrected chi connectivity index (χ2v) is 3.56. The zero-order valence-corrected chi connectivity index (χ0v) is 9.64. The van der Waals surface area contributed by atoms with E-state index in [1.807, 2.05) is 31.2 Å². The summed E-state index contributed by atoms with van der Waals surface area (Å²) in [7, 11) is 0. The third-order valence-corrected chi connectivity index (χ3v) is 2.40. The lowest BCUT2D eigenvalue weighted by Crippen LogP contribution is -2.01. The van der Waals surface area contributed by atoms with Crippen molar-refractivity contribution in [1.82, 2.24) is 0 Å². The van der Waals surface area contributed by atoms with Crippen LogP contribution in [0.15, 0.2) is 30.3 Å². The van der Waals surface area contributed by atoms with Gasteiger partial charge in [-0.3, -0.25) is 0 Å². The molecule has 4 heteroatoms. The summed E-state index contributed by atoms with van der Waals surface area (Å²) in [6, 6.07) is 7.49. The molecular formula is C13H14O4. The quantitative estimate of drug-likeness (QED) is 0.444. The summed E-state index contributed by atoms with van der Waals surface area (Å²) in [5.74, 6) is 0.463. The van der Waals surface area contributed by atoms with Crippen molar-refractivity contribution in [3.8, 4) is 5.75 Å². The van der Waals surface area contributed by atoms with Crippen LogP contribution in [0.25, 0.3) is 5.57 Å². The number of hydrogen-bond acceptors (Lipinski definition) is 4. The lowest BCUT2D eigenvalue weighted by Gasteiger charge is -2.06. The van der Waals surface area contributed by atoms with Crippen LogP contribution in [0.2, 0.25) is 0 Å². The molecule has 2 rings (SSSR count). The van der Waals surface area contributed by atoms with Crippen molar-refractivity contribution < 1.29 is 19.0 Å². The van der Waals surface area contributed by atoms with E-state index in [0.717, 1.165) is 16.9 Å². The van der Waals surface area contributed by atoms with Gasteiger partial charge in [-0.2, -0.15) is 0 Å². The van der Waals surface area contributed by atoms with E-state index in [0.29, 0.717) is 13.2 Å². The Labute approximate surface area is 99.8 Å². The zero-order valence-electron chi connectivity index (χ0n) is 9.64. The van der Waals surface area contributed by atoms with Gasteiger partial charge in [0.2, 0.25) is 0 Å². The molecule has 1 aromatic rings. The Morgan fingerprint density at radius 3 is 2.65 bits per heavy atom. The molecule has 0 atom stereocenters. The van der Waals surface area contributed by atoms with Gasteiger partial charge in [-0.1, -0.05) is 12.1 Å². The third kappa shape index (κ3) is 3.07. The van der Waals surface area contributed by atoms with Crippen LogP contribution in [0.4, 0.5) is 0 Å². The average molecular weight is 234 g/mol. The summed E-state index contributed by atoms with van der Waals surface area (Å²) in [6.45, 7) is 3.14. The van der Waals surface area contributed by atoms with Crippen LogP contribution in [-0.4, -0.2) is 26.0 Å². The summed E-state index contributed by atoms with van der Waals surface area (Å²) < 4.78 is 15.3. The van der Waals surface area contributed by atoms with Gasteiger partial charge in [-0.25, -0.2) is 4.79 Å². The molecule has 0 amide bonds. The molecule has 0 aromatic heterocycles. The molecule has 0 fully saturated rings. The van der Waals surface area contributed by atoms with Crippen molar-refractivity contribution in [1.29, 1.82) is 0 Å². The molecule has 0 unspecified atom stereocenters. The van der Waals surface area contributed by atoms with Gasteiger partial charge in [0.25, 0.3) is 0 Å². The number of carbonyl (C=O) groups is 1. The molecule has 0 saturated heterocycles. The van der Waals surface area contributed by atoms with Crippen molar-refractivity contribution in [2.24, 2.45) is 0 Å². The minimum absolute atomic E-state index is 0.250. The van der Waals surface area contributed by atoms with E-state index in [-0.39, 0.29) is 12.8 Å². The first-order chi connectivity index (χ1) is 8.29. The highest BCUT2D eigenvalue weighted by molar-refractivity contribution is 5.95. The standard InChI is InChI=1S/C13H14O4/c1-2-15-9-17-12-5-3-10(4-6-12)11-7-13(14)16-8-11/h3-7H,2,8-9H2,1H3. The Morgan fingerprint density at radius 1 is 1.29 bits per heavy atom. The van der Waals surface area contributed by atoms with E-state index in [1.54, 1.807) is 0 Å². The summed E-state index contributed by atoms with van der Waals surface area (Å²) in [5.41, 5.74) is 1.87. The molecule has 1 aliphatic rings. The second-order valence-electron chi connectivity index (χ2n) is 3.56. The number of esters is 1. The molecular weight excluding hydrogens is 220 g/mol. The zero-order chi connectivity index (χ0) is 12.1. The number of ether oxygens (including phenoxy) is 3. The second kappa shape index (κ2) is 5.50. The van der Waals surface area contributed by atoms with Gasteiger partial charge >= 0.3 is 5.97 Å². The number of benzene rings is 1. The Kier molecular flexibility index (Phi) is 3.77. The van der Waals surface area contributed by atoms with Crippen molar-refractivity contribution in [3.05, 3.63) is 35.9 Å². The fourth-order valence-electron chi connectivity index (χ4n) is 1.50. The molecule has 0 aliphatic carbocycles. The van der Waals surface area contributed by atoms with E-state index in [4.69, 9.17) is 14.2 Å². The SMILES string of the molecule is CCOCOc1ccc(C2=CC(=O)OC2)cc1. The number of hydrogen-bond donors (Lipinski definition) is 0. The van der Waals surface area contributed by atoms with Crippen molar-refractivity contribution >= 4 is 11.5 Å². The molecule has 90 valence electrons. The number of cyclic esters (lactones) is 1. The fourth-order valence-corrected chi connectivity index (χ4v) is 1.50. The van der Waals surface area contributed by atoms with Crippen LogP contribution in [0, 0.1) is 0 Å². The van der Waals surface area contributed by atoms with Crippen LogP contribution in [0.5, 0.6) is 5.75 Å². The van der Waals surface area contributed by atoms with Gasteiger partial charge in [0, 0.05) is 18.3 Å². The molecule has 1 heterocycles. The molecule has 0 N–H and O–H groups in total. The molecule has 0 saturated carbocycles. The van der Waals surface area contributed by atoms with E-state index < -0.39 is 0 Å².